The summed E-state index contributed by atoms with van der Waals surface area (Å²) in [6.45, 7) is 5.00. The Kier molecular flexibility index (Phi) is 8.87. The van der Waals surface area contributed by atoms with Crippen LogP contribution in [0.2, 0.25) is 0 Å². The van der Waals surface area contributed by atoms with Crippen molar-refractivity contribution in [1.29, 1.82) is 0 Å². The van der Waals surface area contributed by atoms with Crippen LogP contribution in [0.4, 0.5) is 4.79 Å². The lowest BCUT2D eigenvalue weighted by molar-refractivity contribution is -0.123. The van der Waals surface area contributed by atoms with Crippen molar-refractivity contribution in [2.45, 2.75) is 26.5 Å². The number of rotatable bonds is 9. The number of amides is 2. The van der Waals surface area contributed by atoms with E-state index in [0.29, 0.717) is 26.3 Å². The molecule has 1 aromatic rings. The average Bonchev–Trinajstić information content (AvgIpc) is 2.71. The zero-order valence-corrected chi connectivity index (χ0v) is 17.6. The summed E-state index contributed by atoms with van der Waals surface area (Å²) in [6.07, 6.45) is -0.705. The molecule has 0 spiro atoms. The third kappa shape index (κ3) is 7.64. The number of nitrogens with zero attached hydrogens (tertiary/aromatic N) is 1. The Hall–Kier alpha value is -2.17. The topological polar surface area (TPSA) is 114 Å². The molecular formula is C19H29N3O6S. The predicted octanol–water partition coefficient (Wildman–Crippen LogP) is 0.716. The third-order valence-electron chi connectivity index (χ3n) is 4.46. The molecular weight excluding hydrogens is 398 g/mol. The monoisotopic (exact) mass is 427 g/mol. The van der Waals surface area contributed by atoms with E-state index in [-0.39, 0.29) is 24.8 Å². The van der Waals surface area contributed by atoms with E-state index in [1.807, 2.05) is 30.3 Å². The van der Waals surface area contributed by atoms with Crippen molar-refractivity contribution in [2.75, 3.05) is 38.6 Å². The van der Waals surface area contributed by atoms with Crippen molar-refractivity contribution in [3.8, 4) is 0 Å². The molecule has 2 amide bonds. The van der Waals surface area contributed by atoms with E-state index in [4.69, 9.17) is 9.47 Å². The highest BCUT2D eigenvalue weighted by atomic mass is 32.2. The van der Waals surface area contributed by atoms with Crippen molar-refractivity contribution >= 4 is 22.0 Å². The molecule has 9 nitrogen and oxygen atoms in total. The molecule has 1 aliphatic rings. The van der Waals surface area contributed by atoms with Gasteiger partial charge in [-0.25, -0.2) is 13.2 Å². The van der Waals surface area contributed by atoms with E-state index in [0.717, 1.165) is 5.56 Å². The molecule has 2 rings (SSSR count). The minimum absolute atomic E-state index is 0.0392. The third-order valence-corrected chi connectivity index (χ3v) is 6.33. The molecule has 1 aromatic carbocycles. The first-order valence-corrected chi connectivity index (χ1v) is 11.2. The van der Waals surface area contributed by atoms with E-state index in [2.05, 4.69) is 10.6 Å². The molecule has 0 aliphatic carbocycles. The van der Waals surface area contributed by atoms with Crippen LogP contribution in [0.25, 0.3) is 0 Å². The second-order valence-corrected chi connectivity index (χ2v) is 9.13. The van der Waals surface area contributed by atoms with Crippen molar-refractivity contribution < 1.29 is 27.5 Å². The van der Waals surface area contributed by atoms with Gasteiger partial charge in [0.25, 0.3) is 0 Å². The number of carbonyl (C=O) groups excluding carboxylic acids is 2. The van der Waals surface area contributed by atoms with E-state index in [1.165, 1.54) is 4.31 Å². The van der Waals surface area contributed by atoms with Crippen LogP contribution in [-0.2, 0) is 30.9 Å². The van der Waals surface area contributed by atoms with Gasteiger partial charge >= 0.3 is 6.09 Å². The van der Waals surface area contributed by atoms with Gasteiger partial charge in [-0.05, 0) is 11.5 Å². The molecule has 2 N–H and O–H groups in total. The van der Waals surface area contributed by atoms with Crippen LogP contribution in [0.3, 0.4) is 0 Å². The molecule has 0 aromatic heterocycles. The molecule has 0 radical (unpaired) electrons. The Morgan fingerprint density at radius 3 is 2.45 bits per heavy atom. The zero-order chi connectivity index (χ0) is 21.3. The van der Waals surface area contributed by atoms with Crippen molar-refractivity contribution in [2.24, 2.45) is 5.92 Å². The minimum atomic E-state index is -3.46. The van der Waals surface area contributed by atoms with Crippen LogP contribution >= 0.6 is 0 Å². The molecule has 1 atom stereocenters. The molecule has 29 heavy (non-hydrogen) atoms. The molecule has 162 valence electrons. The maximum Gasteiger partial charge on any atom is 0.408 e. The van der Waals surface area contributed by atoms with Crippen LogP contribution in [0.15, 0.2) is 30.3 Å². The number of alkyl carbamates (subject to hydrolysis) is 1. The number of ether oxygens (including phenoxy) is 2. The SMILES string of the molecule is CC(C)[C@H](NC(=O)OCc1ccccc1)C(=O)NCCS(=O)(=O)N1CCOCC1. The highest BCUT2D eigenvalue weighted by Crippen LogP contribution is 2.07. The maximum absolute atomic E-state index is 12.4. The smallest absolute Gasteiger partial charge is 0.408 e. The number of sulfonamides is 1. The van der Waals surface area contributed by atoms with E-state index in [1.54, 1.807) is 13.8 Å². The van der Waals surface area contributed by atoms with Crippen LogP contribution in [-0.4, -0.2) is 69.4 Å². The lowest BCUT2D eigenvalue weighted by Crippen LogP contribution is -2.51. The van der Waals surface area contributed by atoms with Gasteiger partial charge in [0.15, 0.2) is 0 Å². The summed E-state index contributed by atoms with van der Waals surface area (Å²) in [5, 5.41) is 5.14. The highest BCUT2D eigenvalue weighted by molar-refractivity contribution is 7.89. The van der Waals surface area contributed by atoms with Gasteiger partial charge in [0.05, 0.1) is 19.0 Å². The highest BCUT2D eigenvalue weighted by Gasteiger charge is 2.27. The fraction of sp³-hybridized carbons (Fsp3) is 0.579. The second kappa shape index (κ2) is 11.1. The number of morpholine rings is 1. The molecule has 0 unspecified atom stereocenters. The average molecular weight is 428 g/mol. The molecule has 1 heterocycles. The van der Waals surface area contributed by atoms with Crippen LogP contribution in [0.1, 0.15) is 19.4 Å². The fourth-order valence-electron chi connectivity index (χ4n) is 2.79. The first-order valence-electron chi connectivity index (χ1n) is 9.60. The van der Waals surface area contributed by atoms with Gasteiger partial charge in [-0.15, -0.1) is 0 Å². The molecule has 10 heteroatoms. The van der Waals surface area contributed by atoms with Gasteiger partial charge in [0, 0.05) is 19.6 Å². The minimum Gasteiger partial charge on any atom is -0.445 e. The summed E-state index contributed by atoms with van der Waals surface area (Å²) in [7, 11) is -3.46. The largest absolute Gasteiger partial charge is 0.445 e. The summed E-state index contributed by atoms with van der Waals surface area (Å²) >= 11 is 0. The van der Waals surface area contributed by atoms with E-state index >= 15 is 0 Å². The Morgan fingerprint density at radius 1 is 1.17 bits per heavy atom. The van der Waals surface area contributed by atoms with Gasteiger partial charge in [-0.1, -0.05) is 44.2 Å². The Labute approximate surface area is 171 Å². The van der Waals surface area contributed by atoms with Crippen molar-refractivity contribution in [3.05, 3.63) is 35.9 Å². The Morgan fingerprint density at radius 2 is 1.83 bits per heavy atom. The standard InChI is InChI=1S/C19H29N3O6S/c1-15(2)17(21-19(24)28-14-16-6-4-3-5-7-16)18(23)20-8-13-29(25,26)22-9-11-27-12-10-22/h3-7,15,17H,8-14H2,1-2H3,(H,20,23)(H,21,24)/t17-/m0/s1. The number of hydrogen-bond donors (Lipinski definition) is 2. The summed E-state index contributed by atoms with van der Waals surface area (Å²) in [4.78, 5) is 24.5. The molecule has 1 aliphatic heterocycles. The fourth-order valence-corrected chi connectivity index (χ4v) is 4.12. The van der Waals surface area contributed by atoms with Gasteiger partial charge in [0.2, 0.25) is 15.9 Å². The first-order chi connectivity index (χ1) is 13.8. The summed E-state index contributed by atoms with van der Waals surface area (Å²) in [5.74, 6) is -0.855. The summed E-state index contributed by atoms with van der Waals surface area (Å²) < 4.78 is 36.3. The number of carbonyl (C=O) groups is 2. The van der Waals surface area contributed by atoms with Crippen LogP contribution < -0.4 is 10.6 Å². The van der Waals surface area contributed by atoms with Gasteiger partial charge in [-0.2, -0.15) is 4.31 Å². The van der Waals surface area contributed by atoms with E-state index in [9.17, 15) is 18.0 Å². The molecule has 0 bridgehead atoms. The number of nitrogens with one attached hydrogen (secondary N) is 2. The summed E-state index contributed by atoms with van der Waals surface area (Å²) in [6, 6.07) is 8.37. The van der Waals surface area contributed by atoms with Crippen LogP contribution in [0, 0.1) is 5.92 Å². The quantitative estimate of drug-likeness (QED) is 0.600. The predicted molar refractivity (Wildman–Crippen MR) is 108 cm³/mol. The Balaban J connectivity index is 1.79. The zero-order valence-electron chi connectivity index (χ0n) is 16.8. The number of hydrogen-bond acceptors (Lipinski definition) is 6. The van der Waals surface area contributed by atoms with Gasteiger partial charge < -0.3 is 20.1 Å². The summed E-state index contributed by atoms with van der Waals surface area (Å²) in [5.41, 5.74) is 0.835. The lowest BCUT2D eigenvalue weighted by atomic mass is 10.0. The van der Waals surface area contributed by atoms with Gasteiger partial charge in [0.1, 0.15) is 12.6 Å². The van der Waals surface area contributed by atoms with E-state index < -0.39 is 28.1 Å². The molecule has 1 saturated heterocycles. The molecule has 0 saturated carbocycles. The first kappa shape index (κ1) is 23.1. The number of benzene rings is 1. The van der Waals surface area contributed by atoms with Gasteiger partial charge in [-0.3, -0.25) is 4.79 Å². The van der Waals surface area contributed by atoms with Crippen LogP contribution in [0.5, 0.6) is 0 Å². The molecule has 1 fully saturated rings. The lowest BCUT2D eigenvalue weighted by Gasteiger charge is -2.26. The second-order valence-electron chi connectivity index (χ2n) is 7.05. The van der Waals surface area contributed by atoms with Crippen molar-refractivity contribution in [1.82, 2.24) is 14.9 Å². The Bertz CT molecular complexity index is 763. The maximum atomic E-state index is 12.4. The van der Waals surface area contributed by atoms with Crippen molar-refractivity contribution in [3.63, 3.8) is 0 Å². The normalized spacial score (nSPS) is 16.2.